The predicted octanol–water partition coefficient (Wildman–Crippen LogP) is 2.87. The number of hydrogen-bond acceptors (Lipinski definition) is 5. The number of aromatic carboxylic acids is 2. The van der Waals surface area contributed by atoms with E-state index in [1.165, 1.54) is 4.68 Å². The van der Waals surface area contributed by atoms with Gasteiger partial charge in [0.25, 0.3) is 0 Å². The van der Waals surface area contributed by atoms with Gasteiger partial charge in [0.2, 0.25) is 0 Å². The van der Waals surface area contributed by atoms with Crippen LogP contribution in [0.2, 0.25) is 0 Å². The summed E-state index contributed by atoms with van der Waals surface area (Å²) >= 11 is 0. The smallest absolute Gasteiger partial charge is 0.357 e. The molecule has 2 aromatic carbocycles. The third-order valence-electron chi connectivity index (χ3n) is 4.47. The van der Waals surface area contributed by atoms with Crippen LogP contribution in [0.3, 0.4) is 0 Å². The molecule has 0 saturated carbocycles. The van der Waals surface area contributed by atoms with E-state index in [9.17, 15) is 9.59 Å². The minimum Gasteiger partial charge on any atom is -0.476 e. The molecular formula is C21H22N4O5. The van der Waals surface area contributed by atoms with Crippen molar-refractivity contribution in [3.05, 3.63) is 59.9 Å². The van der Waals surface area contributed by atoms with Gasteiger partial charge in [0.05, 0.1) is 24.2 Å². The molecule has 3 N–H and O–H groups in total. The normalized spacial score (nSPS) is 10.7. The van der Waals surface area contributed by atoms with Crippen molar-refractivity contribution in [1.29, 1.82) is 0 Å². The van der Waals surface area contributed by atoms with Crippen molar-refractivity contribution in [2.24, 2.45) is 0 Å². The maximum atomic E-state index is 11.0. The van der Waals surface area contributed by atoms with Crippen LogP contribution in [0.25, 0.3) is 21.8 Å². The van der Waals surface area contributed by atoms with Crippen LogP contribution in [0.15, 0.2) is 48.5 Å². The number of aliphatic hydroxyl groups excluding tert-OH is 1. The summed E-state index contributed by atoms with van der Waals surface area (Å²) in [6, 6.07) is 14.5. The van der Waals surface area contributed by atoms with E-state index in [0.29, 0.717) is 17.3 Å². The van der Waals surface area contributed by atoms with Crippen LogP contribution in [0.1, 0.15) is 34.3 Å². The quantitative estimate of drug-likeness (QED) is 0.445. The Bertz CT molecular complexity index is 1100. The zero-order chi connectivity index (χ0) is 21.7. The van der Waals surface area contributed by atoms with E-state index in [-0.39, 0.29) is 18.0 Å². The van der Waals surface area contributed by atoms with E-state index < -0.39 is 11.9 Å². The Morgan fingerprint density at radius 1 is 0.800 bits per heavy atom. The van der Waals surface area contributed by atoms with Crippen molar-refractivity contribution in [1.82, 2.24) is 19.6 Å². The maximum Gasteiger partial charge on any atom is 0.357 e. The van der Waals surface area contributed by atoms with Gasteiger partial charge in [-0.2, -0.15) is 10.2 Å². The number of carboxylic acids is 2. The number of aryl methyl sites for hydroxylation is 1. The van der Waals surface area contributed by atoms with E-state index in [1.54, 1.807) is 28.9 Å². The number of aromatic nitrogens is 4. The molecule has 156 valence electrons. The van der Waals surface area contributed by atoms with Crippen LogP contribution >= 0.6 is 0 Å². The van der Waals surface area contributed by atoms with E-state index in [2.05, 4.69) is 10.2 Å². The minimum atomic E-state index is -1.05. The molecule has 0 unspecified atom stereocenters. The van der Waals surface area contributed by atoms with Gasteiger partial charge in [-0.1, -0.05) is 43.3 Å². The zero-order valence-corrected chi connectivity index (χ0v) is 16.4. The molecular weight excluding hydrogens is 388 g/mol. The Labute approximate surface area is 171 Å². The van der Waals surface area contributed by atoms with Crippen LogP contribution in [0, 0.1) is 0 Å². The Hall–Kier alpha value is -3.72. The lowest BCUT2D eigenvalue weighted by Gasteiger charge is -1.98. The highest BCUT2D eigenvalue weighted by atomic mass is 16.4. The summed E-state index contributed by atoms with van der Waals surface area (Å²) in [4.78, 5) is 21.9. The second kappa shape index (κ2) is 9.19. The molecule has 0 bridgehead atoms. The second-order valence-corrected chi connectivity index (χ2v) is 6.51. The van der Waals surface area contributed by atoms with Crippen LogP contribution in [0.5, 0.6) is 0 Å². The lowest BCUT2D eigenvalue weighted by Crippen LogP contribution is -2.05. The molecule has 4 rings (SSSR count). The summed E-state index contributed by atoms with van der Waals surface area (Å²) in [6.45, 7) is 3.02. The summed E-state index contributed by atoms with van der Waals surface area (Å²) in [5.41, 5.74) is 1.78. The SMILES string of the molecule is CCCn1nc(C(=O)O)c2ccccc21.O=C(O)c1nn(CCO)c2ccccc12. The van der Waals surface area contributed by atoms with Gasteiger partial charge in [-0.05, 0) is 18.6 Å². The number of nitrogens with zero attached hydrogens (tertiary/aromatic N) is 4. The molecule has 2 heterocycles. The van der Waals surface area contributed by atoms with E-state index in [4.69, 9.17) is 15.3 Å². The Balaban J connectivity index is 0.000000171. The molecule has 4 aromatic rings. The molecule has 0 aliphatic rings. The van der Waals surface area contributed by atoms with Crippen molar-refractivity contribution < 1.29 is 24.9 Å². The van der Waals surface area contributed by atoms with Crippen LogP contribution in [-0.2, 0) is 13.1 Å². The topological polar surface area (TPSA) is 130 Å². The highest BCUT2D eigenvalue weighted by molar-refractivity contribution is 6.01. The number of carboxylic acid groups (broad SMARTS) is 2. The number of rotatable bonds is 6. The van der Waals surface area contributed by atoms with Crippen molar-refractivity contribution in [2.75, 3.05) is 6.61 Å². The Morgan fingerprint density at radius 3 is 1.63 bits per heavy atom. The van der Waals surface area contributed by atoms with Gasteiger partial charge in [0.15, 0.2) is 11.4 Å². The molecule has 0 saturated heterocycles. The molecule has 0 spiro atoms. The van der Waals surface area contributed by atoms with Crippen molar-refractivity contribution in [2.45, 2.75) is 26.4 Å². The standard InChI is InChI=1S/C11H12N2O2.C10H10N2O3/c1-2-7-13-9-6-4-3-5-8(9)10(12-13)11(14)15;13-6-5-12-8-4-2-1-3-7(8)9(11-12)10(14)15/h3-6H,2,7H2,1H3,(H,14,15);1-4,13H,5-6H2,(H,14,15). The molecule has 30 heavy (non-hydrogen) atoms. The lowest BCUT2D eigenvalue weighted by atomic mass is 10.2. The predicted molar refractivity (Wildman–Crippen MR) is 111 cm³/mol. The molecule has 0 fully saturated rings. The molecule has 0 atom stereocenters. The zero-order valence-electron chi connectivity index (χ0n) is 16.4. The first kappa shape index (κ1) is 21.0. The van der Waals surface area contributed by atoms with Gasteiger partial charge in [-0.3, -0.25) is 9.36 Å². The summed E-state index contributed by atoms with van der Waals surface area (Å²) in [6.07, 6.45) is 0.935. The van der Waals surface area contributed by atoms with Crippen LogP contribution in [0.4, 0.5) is 0 Å². The molecule has 9 nitrogen and oxygen atoms in total. The van der Waals surface area contributed by atoms with Crippen LogP contribution in [-0.4, -0.2) is 53.4 Å². The average molecular weight is 410 g/mol. The van der Waals surface area contributed by atoms with Gasteiger partial charge in [0, 0.05) is 17.3 Å². The third kappa shape index (κ3) is 4.15. The number of hydrogen-bond donors (Lipinski definition) is 3. The van der Waals surface area contributed by atoms with Gasteiger partial charge in [0.1, 0.15) is 0 Å². The molecule has 0 radical (unpaired) electrons. The number of fused-ring (bicyclic) bond motifs is 2. The molecule has 9 heteroatoms. The molecule has 0 aliphatic carbocycles. The van der Waals surface area contributed by atoms with E-state index in [0.717, 1.165) is 24.0 Å². The summed E-state index contributed by atoms with van der Waals surface area (Å²) < 4.78 is 3.25. The molecule has 2 aromatic heterocycles. The number of para-hydroxylation sites is 2. The first-order chi connectivity index (χ1) is 14.5. The van der Waals surface area contributed by atoms with Crippen molar-refractivity contribution >= 4 is 33.7 Å². The third-order valence-corrected chi connectivity index (χ3v) is 4.47. The van der Waals surface area contributed by atoms with Gasteiger partial charge in [-0.15, -0.1) is 0 Å². The summed E-state index contributed by atoms with van der Waals surface area (Å²) in [5, 5.41) is 36.1. The maximum absolute atomic E-state index is 11.0. The lowest BCUT2D eigenvalue weighted by molar-refractivity contribution is 0.0680. The summed E-state index contributed by atoms with van der Waals surface area (Å²) in [5.74, 6) is -2.02. The van der Waals surface area contributed by atoms with Crippen molar-refractivity contribution in [3.8, 4) is 0 Å². The van der Waals surface area contributed by atoms with Gasteiger partial charge in [-0.25, -0.2) is 9.59 Å². The minimum absolute atomic E-state index is 0.0269. The van der Waals surface area contributed by atoms with Gasteiger partial charge < -0.3 is 15.3 Å². The highest BCUT2D eigenvalue weighted by Crippen LogP contribution is 2.19. The first-order valence-corrected chi connectivity index (χ1v) is 9.46. The van der Waals surface area contributed by atoms with Gasteiger partial charge >= 0.3 is 11.9 Å². The molecule has 0 amide bonds. The Kier molecular flexibility index (Phi) is 6.43. The number of benzene rings is 2. The van der Waals surface area contributed by atoms with E-state index >= 15 is 0 Å². The average Bonchev–Trinajstić information content (AvgIpc) is 3.29. The number of aliphatic hydroxyl groups is 1. The van der Waals surface area contributed by atoms with Crippen LogP contribution < -0.4 is 0 Å². The summed E-state index contributed by atoms with van der Waals surface area (Å²) in [7, 11) is 0. The number of carbonyl (C=O) groups is 2. The fraction of sp³-hybridized carbons (Fsp3) is 0.238. The second-order valence-electron chi connectivity index (χ2n) is 6.51. The highest BCUT2D eigenvalue weighted by Gasteiger charge is 2.15. The monoisotopic (exact) mass is 410 g/mol. The largest absolute Gasteiger partial charge is 0.476 e. The fourth-order valence-corrected chi connectivity index (χ4v) is 3.22. The Morgan fingerprint density at radius 2 is 1.23 bits per heavy atom. The fourth-order valence-electron chi connectivity index (χ4n) is 3.22. The van der Waals surface area contributed by atoms with E-state index in [1.807, 2.05) is 31.2 Å². The first-order valence-electron chi connectivity index (χ1n) is 9.46. The van der Waals surface area contributed by atoms with Crippen molar-refractivity contribution in [3.63, 3.8) is 0 Å². The molecule has 0 aliphatic heterocycles.